The van der Waals surface area contributed by atoms with Crippen LogP contribution in [0, 0.1) is 5.92 Å². The Hall–Kier alpha value is -2.35. The van der Waals surface area contributed by atoms with E-state index in [9.17, 15) is 9.59 Å². The van der Waals surface area contributed by atoms with Crippen LogP contribution < -0.4 is 10.3 Å². The van der Waals surface area contributed by atoms with E-state index in [4.69, 9.17) is 9.84 Å². The molecule has 5 heterocycles. The van der Waals surface area contributed by atoms with E-state index in [2.05, 4.69) is 72.7 Å². The molecule has 1 N–H and O–H groups in total. The van der Waals surface area contributed by atoms with Crippen LogP contribution in [0.2, 0.25) is 0 Å². The van der Waals surface area contributed by atoms with Crippen molar-refractivity contribution in [3.63, 3.8) is 0 Å². The molecule has 0 amide bonds. The van der Waals surface area contributed by atoms with Gasteiger partial charge in [0.25, 0.3) is 0 Å². The lowest BCUT2D eigenvalue weighted by Crippen LogP contribution is -2.38. The molecule has 2 atom stereocenters. The van der Waals surface area contributed by atoms with E-state index >= 15 is 0 Å². The second kappa shape index (κ2) is 12.4. The Kier molecular flexibility index (Phi) is 8.58. The average molecular weight is 773 g/mol. The maximum absolute atomic E-state index is 13.1. The number of amidine groups is 1. The predicted molar refractivity (Wildman–Crippen MR) is 187 cm³/mol. The summed E-state index contributed by atoms with van der Waals surface area (Å²) in [5.41, 5.74) is 7.31. The molecule has 0 radical (unpaired) electrons. The SMILES string of the molecule is CC(C)[C@@H]1Cc2c(sc3c2C2NN=C(SCC(=O)c4ccc(Br)cc4)N2c2ccc(SCC(=O)c4ccc(Br)cc4)n2-3)CO1. The second-order valence-electron chi connectivity index (χ2n) is 11.1. The minimum atomic E-state index is -0.175. The van der Waals surface area contributed by atoms with Crippen molar-refractivity contribution in [1.82, 2.24) is 9.99 Å². The lowest BCUT2D eigenvalue weighted by molar-refractivity contribution is 0.00135. The van der Waals surface area contributed by atoms with Gasteiger partial charge in [-0.05, 0) is 47.9 Å². The molecular formula is C32H28Br2N4O3S3. The van der Waals surface area contributed by atoms with Gasteiger partial charge in [0.05, 0.1) is 29.2 Å². The Balaban J connectivity index is 1.21. The summed E-state index contributed by atoms with van der Waals surface area (Å²) in [6.45, 7) is 5.00. The highest BCUT2D eigenvalue weighted by atomic mass is 79.9. The first kappa shape index (κ1) is 30.3. The van der Waals surface area contributed by atoms with Crippen molar-refractivity contribution in [1.29, 1.82) is 0 Å². The van der Waals surface area contributed by atoms with Gasteiger partial charge in [0.15, 0.2) is 22.9 Å². The van der Waals surface area contributed by atoms with Gasteiger partial charge >= 0.3 is 0 Å². The van der Waals surface area contributed by atoms with Crippen LogP contribution >= 0.6 is 66.7 Å². The number of ketones is 2. The zero-order valence-corrected chi connectivity index (χ0v) is 29.5. The van der Waals surface area contributed by atoms with Crippen LogP contribution in [0.5, 0.6) is 0 Å². The fourth-order valence-electron chi connectivity index (χ4n) is 5.66. The number of thiophene rings is 1. The molecule has 0 spiro atoms. The van der Waals surface area contributed by atoms with Gasteiger partial charge in [-0.25, -0.2) is 0 Å². The maximum atomic E-state index is 13.1. The number of hydrogen-bond acceptors (Lipinski definition) is 9. The van der Waals surface area contributed by atoms with Gasteiger partial charge in [-0.3, -0.25) is 24.5 Å². The van der Waals surface area contributed by atoms with Crippen molar-refractivity contribution in [2.24, 2.45) is 11.0 Å². The number of Topliss-reactive ketones (excluding diaryl/α,β-unsaturated/α-hetero) is 2. The van der Waals surface area contributed by atoms with Gasteiger partial charge in [-0.2, -0.15) is 5.10 Å². The molecule has 0 bridgehead atoms. The Morgan fingerprint density at radius 2 is 1.61 bits per heavy atom. The van der Waals surface area contributed by atoms with Crippen LogP contribution in [0.1, 0.15) is 56.7 Å². The Morgan fingerprint density at radius 3 is 2.25 bits per heavy atom. The summed E-state index contributed by atoms with van der Waals surface area (Å²) >= 11 is 11.6. The number of nitrogens with one attached hydrogen (secondary N) is 1. The van der Waals surface area contributed by atoms with Gasteiger partial charge in [0.2, 0.25) is 0 Å². The van der Waals surface area contributed by atoms with Crippen molar-refractivity contribution in [3.8, 4) is 5.00 Å². The summed E-state index contributed by atoms with van der Waals surface area (Å²) in [5.74, 6) is 2.09. The molecule has 12 heteroatoms. The van der Waals surface area contributed by atoms with Crippen molar-refractivity contribution < 1.29 is 14.3 Å². The Labute approximate surface area is 285 Å². The summed E-state index contributed by atoms with van der Waals surface area (Å²) in [5, 5.41) is 7.65. The molecule has 1 unspecified atom stereocenters. The molecule has 0 fully saturated rings. The summed E-state index contributed by atoms with van der Waals surface area (Å²) in [6.07, 6.45) is 0.819. The molecule has 7 rings (SSSR count). The molecule has 226 valence electrons. The average Bonchev–Trinajstić information content (AvgIpc) is 3.73. The van der Waals surface area contributed by atoms with Gasteiger partial charge < -0.3 is 4.74 Å². The molecule has 0 saturated carbocycles. The van der Waals surface area contributed by atoms with Gasteiger partial charge in [-0.15, -0.1) is 11.3 Å². The zero-order chi connectivity index (χ0) is 30.5. The third kappa shape index (κ3) is 5.62. The highest BCUT2D eigenvalue weighted by Gasteiger charge is 2.44. The standard InChI is InChI=1S/C32H28Br2N4O3S3/c1-17(2)25-13-22-26(14-41-25)44-31-29(22)30-35-36-32(43-16-24(40)19-5-9-21(34)10-6-19)38(30)27-11-12-28(37(27)31)42-15-23(39)18-3-7-20(33)8-4-18/h3-12,17,25,30,35H,13-16H2,1-2H3/t25-,30?/m0/s1. The number of benzene rings is 2. The monoisotopic (exact) mass is 770 g/mol. The van der Waals surface area contributed by atoms with E-state index in [-0.39, 0.29) is 29.6 Å². The first-order valence-electron chi connectivity index (χ1n) is 14.2. The molecule has 7 nitrogen and oxygen atoms in total. The highest BCUT2D eigenvalue weighted by Crippen LogP contribution is 2.51. The van der Waals surface area contributed by atoms with Crippen LogP contribution in [0.4, 0.5) is 5.82 Å². The lowest BCUT2D eigenvalue weighted by Gasteiger charge is -2.34. The number of hydrogen-bond donors (Lipinski definition) is 1. The quantitative estimate of drug-likeness (QED) is 0.142. The molecule has 3 aliphatic rings. The Morgan fingerprint density at radius 1 is 0.977 bits per heavy atom. The number of halogens is 2. The molecule has 2 aromatic carbocycles. The topological polar surface area (TPSA) is 75.9 Å². The molecule has 3 aliphatic heterocycles. The first-order chi connectivity index (χ1) is 21.3. The number of carbonyl (C=O) groups is 2. The zero-order valence-electron chi connectivity index (χ0n) is 23.9. The van der Waals surface area contributed by atoms with Crippen LogP contribution in [0.3, 0.4) is 0 Å². The second-order valence-corrected chi connectivity index (χ2v) is 16.0. The largest absolute Gasteiger partial charge is 0.372 e. The van der Waals surface area contributed by atoms with Crippen molar-refractivity contribution >= 4 is 89.3 Å². The van der Waals surface area contributed by atoms with Gasteiger partial charge in [0, 0.05) is 36.9 Å². The Bertz CT molecular complexity index is 1780. The summed E-state index contributed by atoms with van der Waals surface area (Å²) < 4.78 is 10.4. The number of fused-ring (bicyclic) bond motifs is 8. The molecule has 0 saturated heterocycles. The van der Waals surface area contributed by atoms with Gasteiger partial charge in [-0.1, -0.05) is 93.5 Å². The lowest BCUT2D eigenvalue weighted by atomic mass is 9.93. The van der Waals surface area contributed by atoms with E-state index < -0.39 is 0 Å². The first-order valence-corrected chi connectivity index (χ1v) is 18.6. The number of ether oxygens (including phenoxy) is 1. The van der Waals surface area contributed by atoms with Crippen LogP contribution in [-0.2, 0) is 17.8 Å². The maximum Gasteiger partial charge on any atom is 0.191 e. The number of hydrazone groups is 1. The van der Waals surface area contributed by atoms with E-state index in [1.807, 2.05) is 48.5 Å². The molecule has 44 heavy (non-hydrogen) atoms. The molecule has 4 aromatic rings. The van der Waals surface area contributed by atoms with E-state index in [1.165, 1.54) is 27.8 Å². The predicted octanol–water partition coefficient (Wildman–Crippen LogP) is 8.45. The smallest absolute Gasteiger partial charge is 0.191 e. The molecule has 0 aliphatic carbocycles. The minimum absolute atomic E-state index is 0.0502. The van der Waals surface area contributed by atoms with Crippen molar-refractivity contribution in [3.05, 3.63) is 96.7 Å². The third-order valence-corrected chi connectivity index (χ3v) is 12.2. The van der Waals surface area contributed by atoms with Crippen molar-refractivity contribution in [2.45, 2.75) is 44.2 Å². The summed E-state index contributed by atoms with van der Waals surface area (Å²) in [6, 6.07) is 19.1. The number of rotatable bonds is 8. The van der Waals surface area contributed by atoms with E-state index in [0.29, 0.717) is 29.4 Å². The summed E-state index contributed by atoms with van der Waals surface area (Å²) in [7, 11) is 0. The van der Waals surface area contributed by atoms with Gasteiger partial charge in [0.1, 0.15) is 10.8 Å². The summed E-state index contributed by atoms with van der Waals surface area (Å²) in [4.78, 5) is 29.6. The highest BCUT2D eigenvalue weighted by molar-refractivity contribution is 9.10. The fourth-order valence-corrected chi connectivity index (χ4v) is 9.35. The molecule has 2 aromatic heterocycles. The van der Waals surface area contributed by atoms with Crippen molar-refractivity contribution in [2.75, 3.05) is 16.4 Å². The fraction of sp³-hybridized carbons (Fsp3) is 0.281. The van der Waals surface area contributed by atoms with Crippen LogP contribution in [0.15, 0.2) is 79.7 Å². The molecular weight excluding hydrogens is 744 g/mol. The van der Waals surface area contributed by atoms with Crippen LogP contribution in [-0.4, -0.2) is 38.9 Å². The number of carbonyl (C=O) groups excluding carboxylic acids is 2. The normalized spacial score (nSPS) is 18.3. The number of nitrogens with zero attached hydrogens (tertiary/aromatic N) is 3. The number of anilines is 1. The number of aromatic nitrogens is 1. The van der Waals surface area contributed by atoms with Crippen LogP contribution in [0.25, 0.3) is 5.00 Å². The third-order valence-electron chi connectivity index (χ3n) is 8.00. The van der Waals surface area contributed by atoms with E-state index in [0.717, 1.165) is 36.4 Å². The number of thioether (sulfide) groups is 2. The van der Waals surface area contributed by atoms with E-state index in [1.54, 1.807) is 23.1 Å². The minimum Gasteiger partial charge on any atom is -0.372 e.